The molecule has 3 N–H and O–H groups in total. The van der Waals surface area contributed by atoms with Crippen LogP contribution in [0.25, 0.3) is 0 Å². The molecule has 9 heteroatoms. The Hall–Kier alpha value is -3.39. The van der Waals surface area contributed by atoms with Gasteiger partial charge in [0.1, 0.15) is 6.04 Å². The van der Waals surface area contributed by atoms with Gasteiger partial charge in [-0.25, -0.2) is 4.79 Å². The predicted molar refractivity (Wildman–Crippen MR) is 116 cm³/mol. The number of hydrogen-bond donors (Lipinski definition) is 2. The Morgan fingerprint density at radius 1 is 1.06 bits per heavy atom. The van der Waals surface area contributed by atoms with Crippen LogP contribution in [0.5, 0.6) is 0 Å². The van der Waals surface area contributed by atoms with E-state index in [9.17, 15) is 24.3 Å². The highest BCUT2D eigenvalue weighted by Gasteiger charge is 2.33. The summed E-state index contributed by atoms with van der Waals surface area (Å²) in [6, 6.07) is 10.9. The molecule has 0 saturated carbocycles. The van der Waals surface area contributed by atoms with E-state index < -0.39 is 30.2 Å². The van der Waals surface area contributed by atoms with Gasteiger partial charge in [-0.3, -0.25) is 19.3 Å². The molecule has 31 heavy (non-hydrogen) atoms. The summed E-state index contributed by atoms with van der Waals surface area (Å²) in [4.78, 5) is 51.5. The van der Waals surface area contributed by atoms with Crippen LogP contribution in [-0.4, -0.2) is 41.4 Å². The Kier molecular flexibility index (Phi) is 6.91. The average molecular weight is 444 g/mol. The number of anilines is 2. The molecule has 2 aromatic carbocycles. The summed E-state index contributed by atoms with van der Waals surface area (Å²) >= 11 is 5.92. The number of benzene rings is 2. The molecule has 1 atom stereocenters. The van der Waals surface area contributed by atoms with E-state index in [1.807, 2.05) is 0 Å². The van der Waals surface area contributed by atoms with Crippen LogP contribution >= 0.6 is 11.6 Å². The van der Waals surface area contributed by atoms with Crippen LogP contribution in [-0.2, 0) is 14.4 Å². The van der Waals surface area contributed by atoms with Crippen molar-refractivity contribution in [3.05, 3.63) is 59.1 Å². The topological polar surface area (TPSA) is 121 Å². The summed E-state index contributed by atoms with van der Waals surface area (Å²) in [5.74, 6) is -2.80. The van der Waals surface area contributed by atoms with E-state index in [0.29, 0.717) is 23.7 Å². The molecule has 0 aliphatic carbocycles. The molecule has 162 valence electrons. The molecule has 3 amide bonds. The maximum atomic E-state index is 13.3. The Balaban J connectivity index is 1.95. The number of amides is 3. The lowest BCUT2D eigenvalue weighted by atomic mass is 10.1. The first-order valence-corrected chi connectivity index (χ1v) is 10.2. The maximum Gasteiger partial charge on any atom is 0.327 e. The third kappa shape index (κ3) is 5.21. The van der Waals surface area contributed by atoms with Gasteiger partial charge in [-0.2, -0.15) is 0 Å². The Morgan fingerprint density at radius 3 is 2.26 bits per heavy atom. The Morgan fingerprint density at radius 2 is 1.71 bits per heavy atom. The van der Waals surface area contributed by atoms with Crippen LogP contribution in [0.4, 0.5) is 11.4 Å². The minimum absolute atomic E-state index is 0.0283. The van der Waals surface area contributed by atoms with Crippen LogP contribution in [0, 0.1) is 0 Å². The number of piperidine rings is 1. The second kappa shape index (κ2) is 9.61. The number of nitrogens with zero attached hydrogens (tertiary/aromatic N) is 2. The molecule has 0 aromatic heterocycles. The van der Waals surface area contributed by atoms with Crippen molar-refractivity contribution in [2.75, 3.05) is 16.3 Å². The third-order valence-corrected chi connectivity index (χ3v) is 5.32. The van der Waals surface area contributed by atoms with Gasteiger partial charge in [0, 0.05) is 34.9 Å². The molecular weight excluding hydrogens is 422 g/mol. The molecule has 1 saturated heterocycles. The smallest absolute Gasteiger partial charge is 0.327 e. The van der Waals surface area contributed by atoms with E-state index in [0.717, 1.165) is 17.7 Å². The van der Waals surface area contributed by atoms with Crippen molar-refractivity contribution in [3.8, 4) is 0 Å². The fourth-order valence-electron chi connectivity index (χ4n) is 3.52. The van der Waals surface area contributed by atoms with Crippen molar-refractivity contribution < 1.29 is 24.3 Å². The lowest BCUT2D eigenvalue weighted by molar-refractivity contribution is -0.140. The number of hydrogen-bond acceptors (Lipinski definition) is 4. The molecule has 1 heterocycles. The zero-order chi connectivity index (χ0) is 22.5. The zero-order valence-corrected chi connectivity index (χ0v) is 17.4. The molecule has 1 fully saturated rings. The lowest BCUT2D eigenvalue weighted by Crippen LogP contribution is -2.47. The van der Waals surface area contributed by atoms with E-state index >= 15 is 0 Å². The van der Waals surface area contributed by atoms with Gasteiger partial charge in [0.25, 0.3) is 5.91 Å². The van der Waals surface area contributed by atoms with Crippen LogP contribution in [0.15, 0.2) is 48.5 Å². The quantitative estimate of drug-likeness (QED) is 0.681. The molecule has 1 unspecified atom stereocenters. The largest absolute Gasteiger partial charge is 0.480 e. The van der Waals surface area contributed by atoms with Crippen molar-refractivity contribution in [3.63, 3.8) is 0 Å². The molecular formula is C22H22ClN3O5. The Labute approximate surface area is 184 Å². The summed E-state index contributed by atoms with van der Waals surface area (Å²) in [6.45, 7) is 0.614. The number of carboxylic acids is 1. The number of rotatable bonds is 7. The maximum absolute atomic E-state index is 13.3. The van der Waals surface area contributed by atoms with Crippen LogP contribution < -0.4 is 15.5 Å². The van der Waals surface area contributed by atoms with Gasteiger partial charge in [-0.05, 0) is 61.4 Å². The molecule has 0 spiro atoms. The standard InChI is InChI=1S/C22H22ClN3O5/c23-15-6-10-17(11-7-15)26(18(22(30)31)13-19(24)27)21(29)14-4-8-16(9-5-14)25-12-2-1-3-20(25)28/h4-11,18H,1-3,12-13H2,(H2,24,27)(H,30,31). The lowest BCUT2D eigenvalue weighted by Gasteiger charge is -2.29. The van der Waals surface area contributed by atoms with Gasteiger partial charge in [-0.15, -0.1) is 0 Å². The average Bonchev–Trinajstić information content (AvgIpc) is 2.74. The second-order valence-electron chi connectivity index (χ2n) is 7.23. The van der Waals surface area contributed by atoms with Crippen molar-refractivity contribution >= 4 is 46.7 Å². The highest BCUT2D eigenvalue weighted by molar-refractivity contribution is 6.30. The van der Waals surface area contributed by atoms with Gasteiger partial charge >= 0.3 is 5.97 Å². The van der Waals surface area contributed by atoms with Crippen LogP contribution in [0.2, 0.25) is 5.02 Å². The van der Waals surface area contributed by atoms with Gasteiger partial charge in [-0.1, -0.05) is 11.6 Å². The molecule has 1 aliphatic heterocycles. The normalized spacial score (nSPS) is 14.7. The third-order valence-electron chi connectivity index (χ3n) is 5.06. The molecule has 1 aliphatic rings. The number of aliphatic carboxylic acids is 1. The van der Waals surface area contributed by atoms with Gasteiger partial charge in [0.15, 0.2) is 0 Å². The first-order chi connectivity index (χ1) is 14.8. The summed E-state index contributed by atoms with van der Waals surface area (Å²) in [6.07, 6.45) is 1.70. The second-order valence-corrected chi connectivity index (χ2v) is 7.66. The summed E-state index contributed by atoms with van der Waals surface area (Å²) in [5.41, 5.74) is 6.37. The summed E-state index contributed by atoms with van der Waals surface area (Å²) in [5, 5.41) is 10.1. The number of carboxylic acid groups (broad SMARTS) is 1. The number of carbonyl (C=O) groups is 4. The molecule has 0 radical (unpaired) electrons. The fraction of sp³-hybridized carbons (Fsp3) is 0.273. The predicted octanol–water partition coefficient (Wildman–Crippen LogP) is 2.83. The number of halogens is 1. The van der Waals surface area contributed by atoms with Gasteiger partial charge < -0.3 is 15.7 Å². The van der Waals surface area contributed by atoms with E-state index in [-0.39, 0.29) is 17.2 Å². The summed E-state index contributed by atoms with van der Waals surface area (Å²) < 4.78 is 0. The van der Waals surface area contributed by atoms with E-state index in [4.69, 9.17) is 17.3 Å². The SMILES string of the molecule is NC(=O)CC(C(=O)O)N(C(=O)c1ccc(N2CCCCC2=O)cc1)c1ccc(Cl)cc1. The summed E-state index contributed by atoms with van der Waals surface area (Å²) in [7, 11) is 0. The van der Waals surface area contributed by atoms with Crippen molar-refractivity contribution in [1.29, 1.82) is 0 Å². The molecule has 0 bridgehead atoms. The fourth-order valence-corrected chi connectivity index (χ4v) is 3.65. The number of carbonyl (C=O) groups excluding carboxylic acids is 3. The first-order valence-electron chi connectivity index (χ1n) is 9.78. The van der Waals surface area contributed by atoms with Crippen molar-refractivity contribution in [2.24, 2.45) is 5.73 Å². The minimum Gasteiger partial charge on any atom is -0.480 e. The zero-order valence-electron chi connectivity index (χ0n) is 16.7. The molecule has 3 rings (SSSR count). The molecule has 2 aromatic rings. The number of nitrogens with two attached hydrogens (primary N) is 1. The Bertz CT molecular complexity index is 991. The van der Waals surface area contributed by atoms with E-state index in [1.54, 1.807) is 17.0 Å². The van der Waals surface area contributed by atoms with Crippen LogP contribution in [0.1, 0.15) is 36.0 Å². The molecule has 8 nitrogen and oxygen atoms in total. The van der Waals surface area contributed by atoms with E-state index in [2.05, 4.69) is 0 Å². The number of primary amides is 1. The van der Waals surface area contributed by atoms with Gasteiger partial charge in [0.2, 0.25) is 11.8 Å². The van der Waals surface area contributed by atoms with Gasteiger partial charge in [0.05, 0.1) is 6.42 Å². The van der Waals surface area contributed by atoms with Crippen LogP contribution in [0.3, 0.4) is 0 Å². The highest BCUT2D eigenvalue weighted by atomic mass is 35.5. The highest BCUT2D eigenvalue weighted by Crippen LogP contribution is 2.26. The first kappa shape index (κ1) is 22.3. The minimum atomic E-state index is -1.49. The van der Waals surface area contributed by atoms with Crippen molar-refractivity contribution in [2.45, 2.75) is 31.7 Å². The van der Waals surface area contributed by atoms with Crippen molar-refractivity contribution in [1.82, 2.24) is 0 Å². The van der Waals surface area contributed by atoms with E-state index in [1.165, 1.54) is 36.4 Å². The monoisotopic (exact) mass is 443 g/mol.